The van der Waals surface area contributed by atoms with Gasteiger partial charge in [0.1, 0.15) is 5.00 Å². The Bertz CT molecular complexity index is 2000. The summed E-state index contributed by atoms with van der Waals surface area (Å²) in [5.74, 6) is 19.2. The molecule has 3 heterocycles. The molecule has 6 heteroatoms. The third kappa shape index (κ3) is 8.61. The van der Waals surface area contributed by atoms with Gasteiger partial charge in [-0.05, 0) is 119 Å². The van der Waals surface area contributed by atoms with Crippen molar-refractivity contribution in [3.8, 4) is 68.1 Å². The van der Waals surface area contributed by atoms with E-state index in [9.17, 15) is 10.2 Å². The first-order valence-electron chi connectivity index (χ1n) is 15.5. The molecular weight excluding hydrogens is 617 g/mol. The number of nitrogens with zero attached hydrogens (tertiary/aromatic N) is 2. The second-order valence-electron chi connectivity index (χ2n) is 10.7. The molecule has 5 aromatic rings. The molecule has 0 radical (unpaired) electrons. The van der Waals surface area contributed by atoms with Crippen molar-refractivity contribution in [1.29, 1.82) is 0 Å². The van der Waals surface area contributed by atoms with Crippen LogP contribution in [0.3, 0.4) is 0 Å². The van der Waals surface area contributed by atoms with E-state index in [-0.39, 0.29) is 21.8 Å². The molecule has 2 aromatic carbocycles. The van der Waals surface area contributed by atoms with Crippen LogP contribution in [-0.4, -0.2) is 15.2 Å². The molecule has 0 saturated heterocycles. The number of aliphatic hydroxyl groups is 2. The van der Waals surface area contributed by atoms with Gasteiger partial charge in [0.15, 0.2) is 0 Å². The minimum atomic E-state index is -0.0277. The lowest BCUT2D eigenvalue weighted by Crippen LogP contribution is -2.08. The number of hydrogen-bond acceptors (Lipinski definition) is 6. The second-order valence-corrected chi connectivity index (χ2v) is 12.8. The lowest BCUT2D eigenvalue weighted by molar-refractivity contribution is 0.281. The van der Waals surface area contributed by atoms with Crippen LogP contribution in [0.4, 0.5) is 16.4 Å². The molecule has 2 N–H and O–H groups in total. The number of aromatic nitrogens is 1. The Morgan fingerprint density at radius 2 is 1.38 bits per heavy atom. The maximum atomic E-state index is 9.68. The summed E-state index contributed by atoms with van der Waals surface area (Å²) in [4.78, 5) is 9.89. The SMILES string of the molecule is C#CC#CC#CC#Cc1cc(N(c2ccc(CO)cc2)c2ccc(CO)cc2)sc1-c1cc(CCCCCC)c(-c2ccncc2)s1.[HH].[HH].[HH].[HH].[HH].[HH]. The number of benzene rings is 2. The predicted molar refractivity (Wildman–Crippen MR) is 209 cm³/mol. The zero-order valence-corrected chi connectivity index (χ0v) is 27.8. The number of unbranched alkanes of at least 4 members (excludes halogenated alkanes) is 3. The molecular formula is C41H46N2O2S2. The van der Waals surface area contributed by atoms with Crippen LogP contribution in [0.2, 0.25) is 0 Å². The van der Waals surface area contributed by atoms with Crippen molar-refractivity contribution in [2.45, 2.75) is 52.2 Å². The number of thiophene rings is 2. The van der Waals surface area contributed by atoms with E-state index in [0.29, 0.717) is 0 Å². The molecule has 3 aromatic heterocycles. The summed E-state index contributed by atoms with van der Waals surface area (Å²) < 4.78 is 0. The van der Waals surface area contributed by atoms with E-state index in [1.54, 1.807) is 22.7 Å². The lowest BCUT2D eigenvalue weighted by atomic mass is 10.0. The van der Waals surface area contributed by atoms with Crippen LogP contribution in [-0.2, 0) is 19.6 Å². The molecule has 0 bridgehead atoms. The van der Waals surface area contributed by atoms with Gasteiger partial charge in [0, 0.05) is 47.6 Å². The molecule has 0 aliphatic heterocycles. The van der Waals surface area contributed by atoms with E-state index in [4.69, 9.17) is 6.42 Å². The summed E-state index contributed by atoms with van der Waals surface area (Å²) in [7, 11) is 0. The quantitative estimate of drug-likeness (QED) is 0.103. The average molecular weight is 663 g/mol. The van der Waals surface area contributed by atoms with Gasteiger partial charge >= 0.3 is 0 Å². The van der Waals surface area contributed by atoms with Gasteiger partial charge in [-0.1, -0.05) is 56.4 Å². The van der Waals surface area contributed by atoms with Crippen molar-refractivity contribution in [2.24, 2.45) is 0 Å². The summed E-state index contributed by atoms with van der Waals surface area (Å²) >= 11 is 3.45. The van der Waals surface area contributed by atoms with E-state index in [1.807, 2.05) is 60.9 Å². The first-order chi connectivity index (χ1) is 23.1. The van der Waals surface area contributed by atoms with E-state index >= 15 is 0 Å². The number of rotatable bonds is 12. The summed E-state index contributed by atoms with van der Waals surface area (Å²) in [6.07, 6.45) is 14.7. The smallest absolute Gasteiger partial charge is 0.102 e. The fourth-order valence-corrected chi connectivity index (χ4v) is 7.60. The fraction of sp³-hybridized carbons (Fsp3) is 0.195. The minimum Gasteiger partial charge on any atom is -0.392 e. The average Bonchev–Trinajstić information content (AvgIpc) is 3.74. The molecule has 0 spiro atoms. The largest absolute Gasteiger partial charge is 0.392 e. The first kappa shape index (κ1) is 33.3. The van der Waals surface area contributed by atoms with Crippen molar-refractivity contribution in [2.75, 3.05) is 4.90 Å². The Hall–Kier alpha value is -5.05. The summed E-state index contributed by atoms with van der Waals surface area (Å²) in [5.41, 5.74) is 6.92. The standard InChI is InChI=1S/C41H34N2O2S2.6H2/c1-3-5-7-9-10-12-14-35-28-39(43(36-19-15-31(29-44)16-20-36)37-21-17-32(30-45)18-22-37)47-41(35)38-27-34(13-11-8-6-4-2)40(46-38)33-23-25-42-26-24-33;;;;;;/h1,15-28,44-45H,4,6,8,11,13,29-30H2,2H3;6*1H. The van der Waals surface area contributed by atoms with Crippen molar-refractivity contribution in [3.05, 3.63) is 107 Å². The number of anilines is 3. The normalized spacial score (nSPS) is 10.1. The third-order valence-corrected chi connectivity index (χ3v) is 10.0. The van der Waals surface area contributed by atoms with E-state index < -0.39 is 0 Å². The number of aryl methyl sites for hydroxylation is 1. The minimum absolute atomic E-state index is 0. The van der Waals surface area contributed by atoms with Crippen molar-refractivity contribution < 1.29 is 18.8 Å². The number of terminal acetylenes is 1. The van der Waals surface area contributed by atoms with Crippen LogP contribution in [0.25, 0.3) is 20.2 Å². The first-order valence-corrected chi connectivity index (χ1v) is 17.1. The highest BCUT2D eigenvalue weighted by Crippen LogP contribution is 2.48. The molecule has 47 heavy (non-hydrogen) atoms. The maximum Gasteiger partial charge on any atom is 0.102 e. The highest BCUT2D eigenvalue weighted by atomic mass is 32.1. The van der Waals surface area contributed by atoms with Crippen molar-refractivity contribution >= 4 is 39.0 Å². The Morgan fingerprint density at radius 1 is 0.745 bits per heavy atom. The molecule has 0 amide bonds. The van der Waals surface area contributed by atoms with Gasteiger partial charge in [-0.2, -0.15) is 0 Å². The summed E-state index contributed by atoms with van der Waals surface area (Å²) in [6.45, 7) is 2.18. The van der Waals surface area contributed by atoms with Gasteiger partial charge in [0.25, 0.3) is 0 Å². The van der Waals surface area contributed by atoms with Crippen LogP contribution in [0.5, 0.6) is 0 Å². The van der Waals surface area contributed by atoms with Crippen LogP contribution < -0.4 is 4.90 Å². The Kier molecular flexibility index (Phi) is 12.1. The number of aliphatic hydroxyl groups excluding tert-OH is 2. The lowest BCUT2D eigenvalue weighted by Gasteiger charge is -2.24. The Labute approximate surface area is 294 Å². The van der Waals surface area contributed by atoms with Gasteiger partial charge in [-0.3, -0.25) is 4.98 Å². The molecule has 0 atom stereocenters. The molecule has 0 aliphatic rings. The zero-order valence-electron chi connectivity index (χ0n) is 26.2. The van der Waals surface area contributed by atoms with Gasteiger partial charge in [-0.25, -0.2) is 0 Å². The Morgan fingerprint density at radius 3 is 2.00 bits per heavy atom. The van der Waals surface area contributed by atoms with E-state index in [0.717, 1.165) is 55.7 Å². The molecule has 0 saturated carbocycles. The molecule has 244 valence electrons. The second kappa shape index (κ2) is 17.0. The highest BCUT2D eigenvalue weighted by molar-refractivity contribution is 7.26. The monoisotopic (exact) mass is 662 g/mol. The molecule has 5 rings (SSSR count). The van der Waals surface area contributed by atoms with Gasteiger partial charge in [0.05, 0.1) is 18.1 Å². The topological polar surface area (TPSA) is 56.6 Å². The third-order valence-electron chi connectivity index (χ3n) is 7.49. The number of hydrogen-bond donors (Lipinski definition) is 2. The van der Waals surface area contributed by atoms with Crippen molar-refractivity contribution in [1.82, 2.24) is 4.98 Å². The highest BCUT2D eigenvalue weighted by Gasteiger charge is 2.21. The van der Waals surface area contributed by atoms with Gasteiger partial charge in [-0.15, -0.1) is 29.1 Å². The summed E-state index contributed by atoms with van der Waals surface area (Å²) in [6, 6.07) is 24.3. The number of pyridine rings is 1. The van der Waals surface area contributed by atoms with Gasteiger partial charge < -0.3 is 15.1 Å². The fourth-order valence-electron chi connectivity index (χ4n) is 5.11. The Balaban J connectivity index is 0. The van der Waals surface area contributed by atoms with Crippen molar-refractivity contribution in [3.63, 3.8) is 0 Å². The van der Waals surface area contributed by atoms with Crippen LogP contribution in [0.1, 0.15) is 63.4 Å². The van der Waals surface area contributed by atoms with Crippen LogP contribution in [0.15, 0.2) is 85.2 Å². The zero-order chi connectivity index (χ0) is 32.8. The predicted octanol–water partition coefficient (Wildman–Crippen LogP) is 10.6. The van der Waals surface area contributed by atoms with Crippen LogP contribution >= 0.6 is 22.7 Å². The van der Waals surface area contributed by atoms with E-state index in [2.05, 4.69) is 82.5 Å². The van der Waals surface area contributed by atoms with Gasteiger partial charge in [0.2, 0.25) is 0 Å². The summed E-state index contributed by atoms with van der Waals surface area (Å²) in [5, 5.41) is 20.3. The van der Waals surface area contributed by atoms with E-state index in [1.165, 1.54) is 35.3 Å². The maximum absolute atomic E-state index is 9.68. The molecule has 0 fully saturated rings. The molecule has 0 aliphatic carbocycles. The molecule has 0 unspecified atom stereocenters. The van der Waals surface area contributed by atoms with Crippen LogP contribution in [0, 0.1) is 47.9 Å². The molecule has 4 nitrogen and oxygen atoms in total.